The minimum absolute atomic E-state index is 0.0996. The summed E-state index contributed by atoms with van der Waals surface area (Å²) in [6, 6.07) is 3.77. The van der Waals surface area contributed by atoms with Crippen LogP contribution >= 0.6 is 0 Å². The van der Waals surface area contributed by atoms with Crippen LogP contribution in [0.15, 0.2) is 18.2 Å². The Kier molecular flexibility index (Phi) is 3.49. The van der Waals surface area contributed by atoms with Crippen LogP contribution in [0.1, 0.15) is 24.2 Å². The molecule has 0 aliphatic rings. The van der Waals surface area contributed by atoms with Crippen molar-refractivity contribution in [2.24, 2.45) is 0 Å². The Labute approximate surface area is 98.5 Å². The molecule has 0 unspecified atom stereocenters. The summed E-state index contributed by atoms with van der Waals surface area (Å²) in [6.45, 7) is 3.31. The number of non-ortho nitro benzene ring substituents is 1. The van der Waals surface area contributed by atoms with E-state index in [1.54, 1.807) is 13.8 Å². The average molecular weight is 233 g/mol. The molecule has 5 nitrogen and oxygen atoms in total. The molecule has 0 N–H and O–H groups in total. The number of carbonyl (C=O) groups excluding carboxylic acids is 1. The molecule has 0 saturated heterocycles. The number of aldehydes is 1. The van der Waals surface area contributed by atoms with Gasteiger partial charge in [-0.3, -0.25) is 14.9 Å². The number of hydrogen-bond acceptors (Lipinski definition) is 4. The summed E-state index contributed by atoms with van der Waals surface area (Å²) in [5.41, 5.74) is -0.950. The molecule has 0 radical (unpaired) electrons. The number of carbonyl (C=O) groups is 1. The van der Waals surface area contributed by atoms with Crippen molar-refractivity contribution in [3.63, 3.8) is 0 Å². The van der Waals surface area contributed by atoms with E-state index in [4.69, 9.17) is 11.2 Å². The zero-order valence-corrected chi connectivity index (χ0v) is 9.47. The molecule has 0 aromatic heterocycles. The number of rotatable bonds is 4. The summed E-state index contributed by atoms with van der Waals surface area (Å²) < 4.78 is 5.42. The first-order valence-corrected chi connectivity index (χ1v) is 4.80. The van der Waals surface area contributed by atoms with Gasteiger partial charge in [-0.2, -0.15) is 0 Å². The second-order valence-corrected chi connectivity index (χ2v) is 3.85. The predicted molar refractivity (Wildman–Crippen MR) is 62.0 cm³/mol. The van der Waals surface area contributed by atoms with Crippen molar-refractivity contribution in [2.75, 3.05) is 0 Å². The SMILES string of the molecule is C#CC(C)(C)Oc1ccc([N+](=O)[O-])cc1C=O. The molecule has 0 aliphatic carbocycles. The maximum absolute atomic E-state index is 10.8. The van der Waals surface area contributed by atoms with E-state index in [9.17, 15) is 14.9 Å². The van der Waals surface area contributed by atoms with E-state index < -0.39 is 10.5 Å². The highest BCUT2D eigenvalue weighted by Crippen LogP contribution is 2.25. The molecule has 0 aliphatic heterocycles. The first-order chi connectivity index (χ1) is 7.89. The lowest BCUT2D eigenvalue weighted by molar-refractivity contribution is -0.384. The van der Waals surface area contributed by atoms with E-state index in [1.165, 1.54) is 12.1 Å². The summed E-state index contributed by atoms with van der Waals surface area (Å²) in [7, 11) is 0. The fourth-order valence-corrected chi connectivity index (χ4v) is 1.14. The lowest BCUT2D eigenvalue weighted by atomic mass is 10.1. The maximum Gasteiger partial charge on any atom is 0.270 e. The van der Waals surface area contributed by atoms with Crippen LogP contribution in [0.2, 0.25) is 0 Å². The van der Waals surface area contributed by atoms with Gasteiger partial charge in [-0.05, 0) is 19.9 Å². The highest BCUT2D eigenvalue weighted by molar-refractivity contribution is 5.80. The summed E-state index contributed by atoms with van der Waals surface area (Å²) in [5.74, 6) is 2.64. The number of nitrogens with zero attached hydrogens (tertiary/aromatic N) is 1. The van der Waals surface area contributed by atoms with Crippen LogP contribution in [0.3, 0.4) is 0 Å². The topological polar surface area (TPSA) is 69.4 Å². The Morgan fingerprint density at radius 1 is 1.53 bits per heavy atom. The van der Waals surface area contributed by atoms with E-state index in [0.717, 1.165) is 6.07 Å². The third-order valence-corrected chi connectivity index (χ3v) is 2.04. The van der Waals surface area contributed by atoms with E-state index in [-0.39, 0.29) is 17.0 Å². The normalized spacial score (nSPS) is 10.4. The second-order valence-electron chi connectivity index (χ2n) is 3.85. The Bertz CT molecular complexity index is 500. The van der Waals surface area contributed by atoms with Gasteiger partial charge in [0.2, 0.25) is 0 Å². The van der Waals surface area contributed by atoms with Gasteiger partial charge >= 0.3 is 0 Å². The molecule has 5 heteroatoms. The molecular weight excluding hydrogens is 222 g/mol. The first kappa shape index (κ1) is 12.7. The number of ether oxygens (including phenoxy) is 1. The van der Waals surface area contributed by atoms with Crippen LogP contribution in [-0.2, 0) is 0 Å². The summed E-state index contributed by atoms with van der Waals surface area (Å²) in [6.07, 6.45) is 5.75. The average Bonchev–Trinajstić information content (AvgIpc) is 2.29. The number of terminal acetylenes is 1. The van der Waals surface area contributed by atoms with Crippen molar-refractivity contribution >= 4 is 12.0 Å². The smallest absolute Gasteiger partial charge is 0.270 e. The molecule has 0 spiro atoms. The van der Waals surface area contributed by atoms with E-state index >= 15 is 0 Å². The number of nitro benzene ring substituents is 1. The van der Waals surface area contributed by atoms with Gasteiger partial charge in [-0.1, -0.05) is 5.92 Å². The van der Waals surface area contributed by atoms with E-state index in [0.29, 0.717) is 6.29 Å². The highest BCUT2D eigenvalue weighted by atomic mass is 16.6. The third kappa shape index (κ3) is 3.05. The molecule has 0 saturated carbocycles. The van der Waals surface area contributed by atoms with Gasteiger partial charge in [0.05, 0.1) is 10.5 Å². The zero-order chi connectivity index (χ0) is 13.1. The van der Waals surface area contributed by atoms with Gasteiger partial charge in [-0.15, -0.1) is 6.42 Å². The Morgan fingerprint density at radius 3 is 2.65 bits per heavy atom. The quantitative estimate of drug-likeness (QED) is 0.346. The fourth-order valence-electron chi connectivity index (χ4n) is 1.14. The third-order valence-electron chi connectivity index (χ3n) is 2.04. The van der Waals surface area contributed by atoms with Crippen LogP contribution in [-0.4, -0.2) is 16.8 Å². The van der Waals surface area contributed by atoms with Gasteiger partial charge < -0.3 is 4.74 Å². The number of nitro groups is 1. The van der Waals surface area contributed by atoms with Crippen molar-refractivity contribution < 1.29 is 14.5 Å². The van der Waals surface area contributed by atoms with Crippen LogP contribution in [0.5, 0.6) is 5.75 Å². The van der Waals surface area contributed by atoms with Gasteiger partial charge in [0.1, 0.15) is 5.75 Å². The van der Waals surface area contributed by atoms with Crippen LogP contribution < -0.4 is 4.74 Å². The maximum atomic E-state index is 10.8. The highest BCUT2D eigenvalue weighted by Gasteiger charge is 2.19. The minimum Gasteiger partial charge on any atom is -0.474 e. The van der Waals surface area contributed by atoms with Crippen molar-refractivity contribution in [1.82, 2.24) is 0 Å². The van der Waals surface area contributed by atoms with Gasteiger partial charge in [0.15, 0.2) is 11.9 Å². The second kappa shape index (κ2) is 4.66. The molecule has 1 aromatic rings. The molecule has 1 aromatic carbocycles. The van der Waals surface area contributed by atoms with Crippen molar-refractivity contribution in [3.8, 4) is 18.1 Å². The summed E-state index contributed by atoms with van der Waals surface area (Å²) in [5, 5.41) is 10.5. The molecule has 0 fully saturated rings. The van der Waals surface area contributed by atoms with Crippen molar-refractivity contribution in [1.29, 1.82) is 0 Å². The molecule has 0 amide bonds. The molecule has 0 atom stereocenters. The van der Waals surface area contributed by atoms with Crippen LogP contribution in [0, 0.1) is 22.5 Å². The zero-order valence-electron chi connectivity index (χ0n) is 9.47. The van der Waals surface area contributed by atoms with Crippen LogP contribution in [0.25, 0.3) is 0 Å². The predicted octanol–water partition coefficient (Wildman–Crippen LogP) is 2.20. The molecule has 0 bridgehead atoms. The van der Waals surface area contributed by atoms with Gasteiger partial charge in [-0.25, -0.2) is 0 Å². The number of benzene rings is 1. The Morgan fingerprint density at radius 2 is 2.18 bits per heavy atom. The van der Waals surface area contributed by atoms with Crippen molar-refractivity contribution in [2.45, 2.75) is 19.4 Å². The standard InChI is InChI=1S/C12H11NO4/c1-4-12(2,3)17-11-6-5-10(13(15)16)7-9(11)8-14/h1,5-8H,2-3H3. The fraction of sp³-hybridized carbons (Fsp3) is 0.250. The molecule has 17 heavy (non-hydrogen) atoms. The first-order valence-electron chi connectivity index (χ1n) is 4.80. The van der Waals surface area contributed by atoms with E-state index in [2.05, 4.69) is 5.92 Å². The lowest BCUT2D eigenvalue weighted by Gasteiger charge is -2.20. The molecular formula is C12H11NO4. The van der Waals surface area contributed by atoms with Gasteiger partial charge in [0.25, 0.3) is 5.69 Å². The largest absolute Gasteiger partial charge is 0.474 e. The van der Waals surface area contributed by atoms with E-state index in [1.807, 2.05) is 0 Å². The molecule has 88 valence electrons. The van der Waals surface area contributed by atoms with Crippen LogP contribution in [0.4, 0.5) is 5.69 Å². The Hall–Kier alpha value is -2.35. The minimum atomic E-state index is -0.881. The lowest BCUT2D eigenvalue weighted by Crippen LogP contribution is -2.26. The monoisotopic (exact) mass is 233 g/mol. The number of hydrogen-bond donors (Lipinski definition) is 0. The summed E-state index contributed by atoms with van der Waals surface area (Å²) >= 11 is 0. The van der Waals surface area contributed by atoms with Gasteiger partial charge in [0, 0.05) is 12.1 Å². The molecule has 1 rings (SSSR count). The summed E-state index contributed by atoms with van der Waals surface area (Å²) in [4.78, 5) is 20.8. The molecule has 0 heterocycles. The van der Waals surface area contributed by atoms with Crippen molar-refractivity contribution in [3.05, 3.63) is 33.9 Å². The Balaban J connectivity index is 3.15.